The molecule has 1 amide bonds. The van der Waals surface area contributed by atoms with Crippen molar-refractivity contribution in [2.75, 3.05) is 10.2 Å². The minimum Gasteiger partial charge on any atom is -0.380 e. The van der Waals surface area contributed by atoms with Crippen LogP contribution in [-0.4, -0.2) is 16.9 Å². The van der Waals surface area contributed by atoms with Crippen molar-refractivity contribution < 1.29 is 9.72 Å². The Hall–Kier alpha value is -2.89. The first kappa shape index (κ1) is 15.0. The lowest BCUT2D eigenvalue weighted by Gasteiger charge is -2.22. The molecule has 1 atom stereocenters. The summed E-state index contributed by atoms with van der Waals surface area (Å²) >= 11 is 0. The molecule has 0 fully saturated rings. The average Bonchev–Trinajstić information content (AvgIpc) is 2.64. The fraction of sp³-hybridized carbons (Fsp3) is 0.235. The van der Waals surface area contributed by atoms with Crippen LogP contribution >= 0.6 is 0 Å². The minimum absolute atomic E-state index is 0.00135. The van der Waals surface area contributed by atoms with Crippen molar-refractivity contribution in [3.8, 4) is 0 Å². The Balaban J connectivity index is 2.02. The SMILES string of the molecule is C[C@@H]1CC(=O)N(Cc2ccccc2)c2ccc([N+](=O)[O-])cc2N1. The number of hydrogen-bond acceptors (Lipinski definition) is 4. The fourth-order valence-electron chi connectivity index (χ4n) is 2.75. The van der Waals surface area contributed by atoms with Crippen LogP contribution in [0.3, 0.4) is 0 Å². The third kappa shape index (κ3) is 3.15. The van der Waals surface area contributed by atoms with E-state index in [1.807, 2.05) is 37.3 Å². The van der Waals surface area contributed by atoms with E-state index in [2.05, 4.69) is 5.32 Å². The summed E-state index contributed by atoms with van der Waals surface area (Å²) in [6, 6.07) is 14.2. The predicted molar refractivity (Wildman–Crippen MR) is 88.4 cm³/mol. The number of non-ortho nitro benzene ring substituents is 1. The van der Waals surface area contributed by atoms with Gasteiger partial charge in [0.1, 0.15) is 0 Å². The zero-order chi connectivity index (χ0) is 16.4. The summed E-state index contributed by atoms with van der Waals surface area (Å²) < 4.78 is 0. The second kappa shape index (κ2) is 6.08. The van der Waals surface area contributed by atoms with E-state index in [0.717, 1.165) is 5.56 Å². The van der Waals surface area contributed by atoms with Crippen molar-refractivity contribution in [2.24, 2.45) is 0 Å². The minimum atomic E-state index is -0.430. The first-order valence-electron chi connectivity index (χ1n) is 7.44. The van der Waals surface area contributed by atoms with E-state index in [4.69, 9.17) is 0 Å². The van der Waals surface area contributed by atoms with Crippen LogP contribution in [-0.2, 0) is 11.3 Å². The smallest absolute Gasteiger partial charge is 0.271 e. The molecule has 1 N–H and O–H groups in total. The maximum Gasteiger partial charge on any atom is 0.271 e. The van der Waals surface area contributed by atoms with Gasteiger partial charge in [-0.2, -0.15) is 0 Å². The molecule has 23 heavy (non-hydrogen) atoms. The van der Waals surface area contributed by atoms with E-state index in [1.54, 1.807) is 11.0 Å². The first-order valence-corrected chi connectivity index (χ1v) is 7.44. The molecule has 0 bridgehead atoms. The zero-order valence-electron chi connectivity index (χ0n) is 12.7. The molecule has 2 aromatic rings. The third-order valence-electron chi connectivity index (χ3n) is 3.85. The molecule has 1 heterocycles. The van der Waals surface area contributed by atoms with Crippen LogP contribution in [0.2, 0.25) is 0 Å². The Morgan fingerprint density at radius 3 is 2.70 bits per heavy atom. The predicted octanol–water partition coefficient (Wildman–Crippen LogP) is 3.33. The average molecular weight is 311 g/mol. The number of nitro benzene ring substituents is 1. The molecule has 2 aromatic carbocycles. The van der Waals surface area contributed by atoms with Gasteiger partial charge in [-0.1, -0.05) is 30.3 Å². The number of anilines is 2. The molecule has 0 aliphatic carbocycles. The van der Waals surface area contributed by atoms with E-state index in [9.17, 15) is 14.9 Å². The standard InChI is InChI=1S/C17H17N3O3/c1-12-9-17(21)19(11-13-5-3-2-4-6-13)16-8-7-14(20(22)23)10-15(16)18-12/h2-8,10,12,18H,9,11H2,1H3/t12-/m1/s1. The molecule has 0 radical (unpaired) electrons. The van der Waals surface area contributed by atoms with Gasteiger partial charge in [0, 0.05) is 24.6 Å². The van der Waals surface area contributed by atoms with Crippen molar-refractivity contribution in [1.29, 1.82) is 0 Å². The number of fused-ring (bicyclic) bond motifs is 1. The van der Waals surface area contributed by atoms with E-state index in [1.165, 1.54) is 12.1 Å². The van der Waals surface area contributed by atoms with Gasteiger partial charge in [-0.25, -0.2) is 0 Å². The number of nitrogens with zero attached hydrogens (tertiary/aromatic N) is 2. The summed E-state index contributed by atoms with van der Waals surface area (Å²) in [5.41, 5.74) is 2.32. The molecule has 1 aliphatic heterocycles. The highest BCUT2D eigenvalue weighted by Gasteiger charge is 2.26. The van der Waals surface area contributed by atoms with Crippen LogP contribution in [0, 0.1) is 10.1 Å². The largest absolute Gasteiger partial charge is 0.380 e. The second-order valence-electron chi connectivity index (χ2n) is 5.67. The molecule has 6 nitrogen and oxygen atoms in total. The number of nitrogens with one attached hydrogen (secondary N) is 1. The van der Waals surface area contributed by atoms with E-state index < -0.39 is 4.92 Å². The van der Waals surface area contributed by atoms with Crippen LogP contribution in [0.5, 0.6) is 0 Å². The molecule has 0 aromatic heterocycles. The Morgan fingerprint density at radius 1 is 1.26 bits per heavy atom. The van der Waals surface area contributed by atoms with Crippen LogP contribution in [0.4, 0.5) is 17.1 Å². The number of benzene rings is 2. The fourth-order valence-corrected chi connectivity index (χ4v) is 2.75. The highest BCUT2D eigenvalue weighted by atomic mass is 16.6. The molecular weight excluding hydrogens is 294 g/mol. The molecule has 118 valence electrons. The Morgan fingerprint density at radius 2 is 2.00 bits per heavy atom. The Kier molecular flexibility index (Phi) is 3.97. The van der Waals surface area contributed by atoms with E-state index in [0.29, 0.717) is 24.3 Å². The number of nitro groups is 1. The summed E-state index contributed by atoms with van der Waals surface area (Å²) in [4.78, 5) is 24.8. The van der Waals surface area contributed by atoms with Gasteiger partial charge in [0.2, 0.25) is 5.91 Å². The van der Waals surface area contributed by atoms with Gasteiger partial charge in [-0.15, -0.1) is 0 Å². The third-order valence-corrected chi connectivity index (χ3v) is 3.85. The lowest BCUT2D eigenvalue weighted by Crippen LogP contribution is -2.31. The molecule has 0 saturated heterocycles. The summed E-state index contributed by atoms with van der Waals surface area (Å²) in [5.74, 6) is 0.00135. The van der Waals surface area contributed by atoms with Gasteiger partial charge in [0.05, 0.1) is 22.8 Å². The monoisotopic (exact) mass is 311 g/mol. The highest BCUT2D eigenvalue weighted by molar-refractivity contribution is 5.99. The normalized spacial score (nSPS) is 17.2. The van der Waals surface area contributed by atoms with Crippen molar-refractivity contribution in [2.45, 2.75) is 25.9 Å². The van der Waals surface area contributed by atoms with E-state index in [-0.39, 0.29) is 17.6 Å². The first-order chi connectivity index (χ1) is 11.0. The second-order valence-corrected chi connectivity index (χ2v) is 5.67. The molecule has 1 aliphatic rings. The van der Waals surface area contributed by atoms with Crippen LogP contribution in [0.25, 0.3) is 0 Å². The highest BCUT2D eigenvalue weighted by Crippen LogP contribution is 2.34. The number of amides is 1. The maximum absolute atomic E-state index is 12.6. The number of hydrogen-bond donors (Lipinski definition) is 1. The van der Waals surface area contributed by atoms with Crippen molar-refractivity contribution in [3.63, 3.8) is 0 Å². The van der Waals surface area contributed by atoms with Gasteiger partial charge < -0.3 is 10.2 Å². The zero-order valence-corrected chi connectivity index (χ0v) is 12.7. The summed E-state index contributed by atoms with van der Waals surface area (Å²) in [6.45, 7) is 2.34. The van der Waals surface area contributed by atoms with Crippen molar-refractivity contribution in [1.82, 2.24) is 0 Å². The summed E-state index contributed by atoms with van der Waals surface area (Å²) in [6.07, 6.45) is 0.343. The maximum atomic E-state index is 12.6. The molecule has 6 heteroatoms. The Labute approximate surface area is 133 Å². The Bertz CT molecular complexity index is 746. The number of carbonyl (C=O) groups excluding carboxylic acids is 1. The van der Waals surface area contributed by atoms with Gasteiger partial charge >= 0.3 is 0 Å². The lowest BCUT2D eigenvalue weighted by atomic mass is 10.1. The topological polar surface area (TPSA) is 75.5 Å². The lowest BCUT2D eigenvalue weighted by molar-refractivity contribution is -0.384. The van der Waals surface area contributed by atoms with E-state index >= 15 is 0 Å². The van der Waals surface area contributed by atoms with Crippen molar-refractivity contribution >= 4 is 23.0 Å². The van der Waals surface area contributed by atoms with Crippen LogP contribution in [0.1, 0.15) is 18.9 Å². The van der Waals surface area contributed by atoms with Gasteiger partial charge in [0.15, 0.2) is 0 Å². The molecule has 0 saturated carbocycles. The molecule has 3 rings (SSSR count). The van der Waals surface area contributed by atoms with Crippen LogP contribution in [0.15, 0.2) is 48.5 Å². The molecule has 0 unspecified atom stereocenters. The van der Waals surface area contributed by atoms with Crippen LogP contribution < -0.4 is 10.2 Å². The summed E-state index contributed by atoms with van der Waals surface area (Å²) in [7, 11) is 0. The molecule has 0 spiro atoms. The number of carbonyl (C=O) groups is 1. The quantitative estimate of drug-likeness (QED) is 0.697. The van der Waals surface area contributed by atoms with Gasteiger partial charge in [-0.3, -0.25) is 14.9 Å². The molecular formula is C17H17N3O3. The number of rotatable bonds is 3. The van der Waals surface area contributed by atoms with Gasteiger partial charge in [-0.05, 0) is 18.6 Å². The van der Waals surface area contributed by atoms with Crippen molar-refractivity contribution in [3.05, 3.63) is 64.2 Å². The summed E-state index contributed by atoms with van der Waals surface area (Å²) in [5, 5.41) is 14.2. The van der Waals surface area contributed by atoms with Gasteiger partial charge in [0.25, 0.3) is 5.69 Å².